The first kappa shape index (κ1) is 15.7. The first-order chi connectivity index (χ1) is 10.0. The van der Waals surface area contributed by atoms with Crippen LogP contribution >= 0.6 is 0 Å². The highest BCUT2D eigenvalue weighted by Crippen LogP contribution is 2.22. The highest BCUT2D eigenvalue weighted by molar-refractivity contribution is 5.79. The molecule has 0 aliphatic carbocycles. The molecule has 116 valence electrons. The number of aliphatic hydroxyl groups excluding tert-OH is 4. The van der Waals surface area contributed by atoms with Crippen LogP contribution in [0.4, 0.5) is 0 Å². The van der Waals surface area contributed by atoms with Crippen molar-refractivity contribution in [3.05, 3.63) is 29.8 Å². The average Bonchev–Trinajstić information content (AvgIpc) is 2.49. The van der Waals surface area contributed by atoms with Crippen molar-refractivity contribution in [1.29, 1.82) is 0 Å². The van der Waals surface area contributed by atoms with Gasteiger partial charge in [0.15, 0.2) is 0 Å². The van der Waals surface area contributed by atoms with Crippen molar-refractivity contribution in [2.75, 3.05) is 6.61 Å². The Morgan fingerprint density at radius 3 is 2.38 bits per heavy atom. The monoisotopic (exact) mass is 299 g/mol. The molecule has 2 rings (SSSR count). The van der Waals surface area contributed by atoms with E-state index in [9.17, 15) is 15.3 Å². The van der Waals surface area contributed by atoms with E-state index in [0.717, 1.165) is 0 Å². The molecule has 0 saturated carbocycles. The van der Waals surface area contributed by atoms with E-state index in [1.54, 1.807) is 12.1 Å². The summed E-state index contributed by atoms with van der Waals surface area (Å²) in [6, 6.07) is 6.12. The van der Waals surface area contributed by atoms with Crippen LogP contribution in [0.2, 0.25) is 0 Å². The topological polar surface area (TPSA) is 132 Å². The maximum absolute atomic E-state index is 9.71. The van der Waals surface area contributed by atoms with Crippen LogP contribution < -0.4 is 0 Å². The van der Waals surface area contributed by atoms with Gasteiger partial charge >= 0.3 is 0 Å². The fraction of sp³-hybridized carbons (Fsp3) is 0.462. The van der Waals surface area contributed by atoms with Crippen molar-refractivity contribution >= 4 is 6.21 Å². The smallest absolute Gasteiger partial charge is 0.256 e. The van der Waals surface area contributed by atoms with Gasteiger partial charge in [0, 0.05) is 0 Å². The Morgan fingerprint density at radius 1 is 1.10 bits per heavy atom. The van der Waals surface area contributed by atoms with E-state index in [4.69, 9.17) is 19.8 Å². The van der Waals surface area contributed by atoms with Gasteiger partial charge in [-0.3, -0.25) is 0 Å². The minimum atomic E-state index is -1.51. The Balaban J connectivity index is 1.96. The van der Waals surface area contributed by atoms with Crippen molar-refractivity contribution in [3.8, 4) is 5.75 Å². The third-order valence-electron chi connectivity index (χ3n) is 3.11. The molecule has 0 spiro atoms. The van der Waals surface area contributed by atoms with Gasteiger partial charge in [0.05, 0.1) is 12.8 Å². The van der Waals surface area contributed by atoms with Crippen LogP contribution in [0.1, 0.15) is 5.56 Å². The quantitative estimate of drug-likeness (QED) is 0.339. The van der Waals surface area contributed by atoms with E-state index in [-0.39, 0.29) is 5.75 Å². The van der Waals surface area contributed by atoms with Gasteiger partial charge in [-0.2, -0.15) is 0 Å². The molecule has 5 atom stereocenters. The van der Waals surface area contributed by atoms with E-state index in [1.807, 2.05) is 0 Å². The largest absolute Gasteiger partial charge is 0.508 e. The predicted molar refractivity (Wildman–Crippen MR) is 70.6 cm³/mol. The number of hydrogen-bond acceptors (Lipinski definition) is 8. The molecule has 21 heavy (non-hydrogen) atoms. The Hall–Kier alpha value is -1.71. The number of aliphatic hydroxyl groups is 4. The number of ether oxygens (including phenoxy) is 1. The number of phenolic OH excluding ortho intramolecular Hbond substituents is 1. The van der Waals surface area contributed by atoms with E-state index < -0.39 is 37.3 Å². The Kier molecular flexibility index (Phi) is 5.10. The van der Waals surface area contributed by atoms with Gasteiger partial charge < -0.3 is 35.1 Å². The predicted octanol–water partition coefficient (Wildman–Crippen LogP) is -1.46. The molecule has 8 heteroatoms. The average molecular weight is 299 g/mol. The van der Waals surface area contributed by atoms with Crippen LogP contribution in [0, 0.1) is 0 Å². The number of nitrogens with zero attached hydrogens (tertiary/aromatic N) is 1. The molecular formula is C13H17NO7. The molecule has 1 fully saturated rings. The lowest BCUT2D eigenvalue weighted by Crippen LogP contribution is -2.58. The van der Waals surface area contributed by atoms with E-state index in [0.29, 0.717) is 5.56 Å². The SMILES string of the molecule is OCC1O[C@@H](O/N=C/c2ccc(O)cc2)C(O)[C@@H](O)C1O. The van der Waals surface area contributed by atoms with Crippen molar-refractivity contribution in [3.63, 3.8) is 0 Å². The maximum atomic E-state index is 9.71. The summed E-state index contributed by atoms with van der Waals surface area (Å²) < 4.78 is 5.10. The molecule has 1 aromatic rings. The summed E-state index contributed by atoms with van der Waals surface area (Å²) >= 11 is 0. The molecule has 0 radical (unpaired) electrons. The number of benzene rings is 1. The van der Waals surface area contributed by atoms with Crippen LogP contribution in [0.15, 0.2) is 29.4 Å². The summed E-state index contributed by atoms with van der Waals surface area (Å²) in [7, 11) is 0. The molecule has 0 amide bonds. The molecule has 5 N–H and O–H groups in total. The molecule has 1 aromatic carbocycles. The van der Waals surface area contributed by atoms with Gasteiger partial charge in [0.2, 0.25) is 0 Å². The molecule has 1 saturated heterocycles. The second-order valence-corrected chi connectivity index (χ2v) is 4.63. The van der Waals surface area contributed by atoms with Crippen molar-refractivity contribution in [2.45, 2.75) is 30.7 Å². The zero-order valence-corrected chi connectivity index (χ0v) is 11.0. The Bertz CT molecular complexity index is 476. The van der Waals surface area contributed by atoms with Crippen molar-refractivity contribution < 1.29 is 35.1 Å². The van der Waals surface area contributed by atoms with Gasteiger partial charge in [-0.05, 0) is 29.8 Å². The lowest BCUT2D eigenvalue weighted by Gasteiger charge is -2.38. The number of hydrogen-bond donors (Lipinski definition) is 5. The lowest BCUT2D eigenvalue weighted by molar-refractivity contribution is -0.301. The second kappa shape index (κ2) is 6.83. The summed E-state index contributed by atoms with van der Waals surface area (Å²) in [6.07, 6.45) is -5.48. The van der Waals surface area contributed by atoms with Gasteiger partial charge in [-0.1, -0.05) is 5.16 Å². The summed E-state index contributed by atoms with van der Waals surface area (Å²) in [5.74, 6) is 0.113. The zero-order valence-electron chi connectivity index (χ0n) is 11.0. The summed E-state index contributed by atoms with van der Waals surface area (Å²) in [6.45, 7) is -0.535. The molecule has 0 bridgehead atoms. The van der Waals surface area contributed by atoms with Crippen molar-refractivity contribution in [2.24, 2.45) is 5.16 Å². The van der Waals surface area contributed by atoms with Gasteiger partial charge in [-0.15, -0.1) is 0 Å². The Labute approximate surface area is 120 Å². The highest BCUT2D eigenvalue weighted by atomic mass is 16.8. The number of phenols is 1. The zero-order chi connectivity index (χ0) is 15.4. The molecular weight excluding hydrogens is 282 g/mol. The van der Waals surface area contributed by atoms with Crippen LogP contribution in [-0.4, -0.2) is 69.1 Å². The van der Waals surface area contributed by atoms with Crippen LogP contribution in [0.3, 0.4) is 0 Å². The van der Waals surface area contributed by atoms with Crippen molar-refractivity contribution in [1.82, 2.24) is 0 Å². The highest BCUT2D eigenvalue weighted by Gasteiger charge is 2.44. The fourth-order valence-corrected chi connectivity index (χ4v) is 1.87. The number of rotatable bonds is 4. The second-order valence-electron chi connectivity index (χ2n) is 4.63. The molecule has 1 aliphatic heterocycles. The summed E-state index contributed by atoms with van der Waals surface area (Å²) in [5.41, 5.74) is 0.636. The molecule has 3 unspecified atom stereocenters. The van der Waals surface area contributed by atoms with Gasteiger partial charge in [-0.25, -0.2) is 0 Å². The molecule has 1 aliphatic rings. The van der Waals surface area contributed by atoms with E-state index in [1.165, 1.54) is 18.3 Å². The van der Waals surface area contributed by atoms with E-state index in [2.05, 4.69) is 5.16 Å². The Morgan fingerprint density at radius 2 is 1.76 bits per heavy atom. The lowest BCUT2D eigenvalue weighted by atomic mass is 9.99. The third-order valence-corrected chi connectivity index (χ3v) is 3.11. The first-order valence-electron chi connectivity index (χ1n) is 6.31. The summed E-state index contributed by atoms with van der Waals surface area (Å²) in [5, 5.41) is 50.6. The molecule has 0 aromatic heterocycles. The van der Waals surface area contributed by atoms with Gasteiger partial charge in [0.25, 0.3) is 6.29 Å². The normalized spacial score (nSPS) is 33.2. The molecule has 1 heterocycles. The maximum Gasteiger partial charge on any atom is 0.256 e. The van der Waals surface area contributed by atoms with E-state index >= 15 is 0 Å². The standard InChI is InChI=1S/C13H17NO7/c15-6-9-10(17)11(18)12(19)13(20-9)21-14-5-7-1-3-8(16)4-2-7/h1-5,9-13,15-19H,6H2/b14-5+/t9?,10?,11-,12?,13-/m0/s1. The van der Waals surface area contributed by atoms with Crippen LogP contribution in [0.25, 0.3) is 0 Å². The van der Waals surface area contributed by atoms with Crippen LogP contribution in [-0.2, 0) is 9.57 Å². The first-order valence-corrected chi connectivity index (χ1v) is 6.31. The third kappa shape index (κ3) is 3.69. The fourth-order valence-electron chi connectivity index (χ4n) is 1.87. The minimum Gasteiger partial charge on any atom is -0.508 e. The minimum absolute atomic E-state index is 0.113. The van der Waals surface area contributed by atoms with Gasteiger partial charge in [0.1, 0.15) is 30.2 Å². The molecule has 8 nitrogen and oxygen atoms in total. The van der Waals surface area contributed by atoms with Crippen LogP contribution in [0.5, 0.6) is 5.75 Å². The summed E-state index contributed by atoms with van der Waals surface area (Å²) in [4.78, 5) is 4.93. The number of aromatic hydroxyl groups is 1. The number of oxime groups is 1.